The van der Waals surface area contributed by atoms with Gasteiger partial charge in [0.15, 0.2) is 15.8 Å². The first-order valence-electron chi connectivity index (χ1n) is 13.5. The minimum Gasteiger partial charge on any atom is -0.369 e. The van der Waals surface area contributed by atoms with Crippen molar-refractivity contribution in [2.45, 2.75) is 30.5 Å². The highest BCUT2D eigenvalue weighted by molar-refractivity contribution is 7.92. The van der Waals surface area contributed by atoms with Crippen molar-refractivity contribution in [1.29, 1.82) is 0 Å². The number of nitrogens with two attached hydrogens (primary N) is 1. The number of H-pyrrole nitrogens is 1. The molecule has 0 fully saturated rings. The van der Waals surface area contributed by atoms with Gasteiger partial charge in [-0.1, -0.05) is 30.3 Å². The molecule has 3 N–H and O–H groups in total. The van der Waals surface area contributed by atoms with Crippen LogP contribution in [0, 0.1) is 23.3 Å². The van der Waals surface area contributed by atoms with Gasteiger partial charge in [-0.25, -0.2) is 35.9 Å². The van der Waals surface area contributed by atoms with Crippen LogP contribution < -0.4 is 5.73 Å². The standard InChI is InChI=1S/C32H25F4N5O2S/c1-17(2)44(42,43)27-13-20(12-26-29(27)40-32(37)38-26)30-28(19-10-22(34)14-23(35)11-19)39-31(24-9-8-21(33)15-25(24)36)41(30)16-18-6-4-3-5-7-18/h3-15,17H,16H2,1-2H3,(H3,37,38,40). The van der Waals surface area contributed by atoms with Gasteiger partial charge in [-0.3, -0.25) is 0 Å². The molecule has 44 heavy (non-hydrogen) atoms. The lowest BCUT2D eigenvalue weighted by molar-refractivity contribution is 0.583. The first-order chi connectivity index (χ1) is 20.9. The van der Waals surface area contributed by atoms with Gasteiger partial charge in [-0.2, -0.15) is 0 Å². The van der Waals surface area contributed by atoms with Crippen molar-refractivity contribution in [3.63, 3.8) is 0 Å². The van der Waals surface area contributed by atoms with Crippen molar-refractivity contribution < 1.29 is 26.0 Å². The SMILES string of the molecule is CC(C)S(=O)(=O)c1cc(-c2c(-c3cc(F)cc(F)c3)nc(-c3ccc(F)cc3F)n2Cc2ccccc2)cc2[nH]c(N)nc12. The molecule has 0 saturated carbocycles. The van der Waals surface area contributed by atoms with Gasteiger partial charge in [0.2, 0.25) is 0 Å². The lowest BCUT2D eigenvalue weighted by Gasteiger charge is -2.16. The highest BCUT2D eigenvalue weighted by Crippen LogP contribution is 2.41. The number of hydrogen-bond donors (Lipinski definition) is 2. The summed E-state index contributed by atoms with van der Waals surface area (Å²) >= 11 is 0. The lowest BCUT2D eigenvalue weighted by Crippen LogP contribution is -2.15. The second-order valence-corrected chi connectivity index (χ2v) is 13.0. The third-order valence-electron chi connectivity index (χ3n) is 7.23. The van der Waals surface area contributed by atoms with Crippen LogP contribution in [-0.4, -0.2) is 33.2 Å². The zero-order valence-corrected chi connectivity index (χ0v) is 24.3. The first kappa shape index (κ1) is 29.1. The van der Waals surface area contributed by atoms with Crippen LogP contribution >= 0.6 is 0 Å². The van der Waals surface area contributed by atoms with Crippen molar-refractivity contribution in [3.8, 4) is 33.9 Å². The number of halogens is 4. The lowest BCUT2D eigenvalue weighted by atomic mass is 10.0. The Balaban J connectivity index is 1.76. The molecule has 0 amide bonds. The molecule has 12 heteroatoms. The van der Waals surface area contributed by atoms with Crippen LogP contribution in [0.3, 0.4) is 0 Å². The van der Waals surface area contributed by atoms with E-state index in [1.165, 1.54) is 26.0 Å². The second kappa shape index (κ2) is 10.9. The Morgan fingerprint density at radius 3 is 2.20 bits per heavy atom. The summed E-state index contributed by atoms with van der Waals surface area (Å²) in [5.74, 6) is -3.45. The van der Waals surface area contributed by atoms with Gasteiger partial charge in [0.05, 0.1) is 32.6 Å². The van der Waals surface area contributed by atoms with E-state index in [2.05, 4.69) is 15.0 Å². The van der Waals surface area contributed by atoms with Crippen LogP contribution in [-0.2, 0) is 16.4 Å². The summed E-state index contributed by atoms with van der Waals surface area (Å²) in [6.07, 6.45) is 0. The van der Waals surface area contributed by atoms with E-state index in [0.29, 0.717) is 12.1 Å². The van der Waals surface area contributed by atoms with E-state index in [4.69, 9.17) is 5.73 Å². The predicted octanol–water partition coefficient (Wildman–Crippen LogP) is 7.13. The summed E-state index contributed by atoms with van der Waals surface area (Å²) in [4.78, 5) is 11.6. The maximum Gasteiger partial charge on any atom is 0.198 e. The van der Waals surface area contributed by atoms with Gasteiger partial charge >= 0.3 is 0 Å². The third-order valence-corrected chi connectivity index (χ3v) is 9.40. The van der Waals surface area contributed by atoms with Crippen LogP contribution in [0.2, 0.25) is 0 Å². The maximum atomic E-state index is 15.3. The van der Waals surface area contributed by atoms with E-state index in [-0.39, 0.29) is 62.3 Å². The van der Waals surface area contributed by atoms with Gasteiger partial charge in [0.1, 0.15) is 34.6 Å². The number of nitrogens with one attached hydrogen (secondary N) is 1. The molecule has 4 aromatic carbocycles. The molecule has 0 unspecified atom stereocenters. The molecule has 7 nitrogen and oxygen atoms in total. The van der Waals surface area contributed by atoms with Crippen molar-refractivity contribution >= 4 is 26.8 Å². The minimum absolute atomic E-state index is 0.0170. The number of nitrogens with zero attached hydrogens (tertiary/aromatic N) is 3. The Morgan fingerprint density at radius 1 is 0.841 bits per heavy atom. The van der Waals surface area contributed by atoms with E-state index in [9.17, 15) is 21.6 Å². The molecule has 2 aromatic heterocycles. The largest absolute Gasteiger partial charge is 0.369 e. The molecule has 0 saturated heterocycles. The number of hydrogen-bond acceptors (Lipinski definition) is 5. The molecule has 0 bridgehead atoms. The van der Waals surface area contributed by atoms with Crippen molar-refractivity contribution in [2.24, 2.45) is 0 Å². The Labute approximate surface area is 249 Å². The van der Waals surface area contributed by atoms with Crippen molar-refractivity contribution in [2.75, 3.05) is 5.73 Å². The van der Waals surface area contributed by atoms with Gasteiger partial charge in [0.25, 0.3) is 0 Å². The molecule has 0 aliphatic heterocycles. The molecule has 0 radical (unpaired) electrons. The average Bonchev–Trinajstić information content (AvgIpc) is 3.52. The normalized spacial score (nSPS) is 12.0. The van der Waals surface area contributed by atoms with Crippen LogP contribution in [0.15, 0.2) is 83.8 Å². The number of anilines is 1. The molecule has 0 aliphatic rings. The minimum atomic E-state index is -3.93. The number of sulfone groups is 1. The Morgan fingerprint density at radius 2 is 1.55 bits per heavy atom. The highest BCUT2D eigenvalue weighted by Gasteiger charge is 2.29. The predicted molar refractivity (Wildman–Crippen MR) is 160 cm³/mol. The van der Waals surface area contributed by atoms with E-state index >= 15 is 4.39 Å². The maximum absolute atomic E-state index is 15.3. The summed E-state index contributed by atoms with van der Waals surface area (Å²) in [6.45, 7) is 3.14. The topological polar surface area (TPSA) is 107 Å². The van der Waals surface area contributed by atoms with E-state index in [1.807, 2.05) is 18.2 Å². The van der Waals surface area contributed by atoms with Crippen LogP contribution in [0.4, 0.5) is 23.5 Å². The fourth-order valence-corrected chi connectivity index (χ4v) is 6.37. The third kappa shape index (κ3) is 5.21. The number of imidazole rings is 2. The second-order valence-electron chi connectivity index (χ2n) is 10.6. The smallest absolute Gasteiger partial charge is 0.198 e. The van der Waals surface area contributed by atoms with Gasteiger partial charge in [-0.15, -0.1) is 0 Å². The van der Waals surface area contributed by atoms with E-state index in [0.717, 1.165) is 23.8 Å². The number of benzene rings is 4. The molecule has 0 atom stereocenters. The first-order valence-corrected chi connectivity index (χ1v) is 15.1. The Hall–Kier alpha value is -4.97. The van der Waals surface area contributed by atoms with Gasteiger partial charge < -0.3 is 15.3 Å². The fraction of sp³-hybridized carbons (Fsp3) is 0.125. The Bertz CT molecular complexity index is 2140. The van der Waals surface area contributed by atoms with Crippen LogP contribution in [0.1, 0.15) is 19.4 Å². The molecular formula is C32H25F4N5O2S. The summed E-state index contributed by atoms with van der Waals surface area (Å²) in [6, 6.07) is 17.9. The zero-order valence-electron chi connectivity index (χ0n) is 23.4. The van der Waals surface area contributed by atoms with Gasteiger partial charge in [0, 0.05) is 29.8 Å². The fourth-order valence-electron chi connectivity index (χ4n) is 5.15. The highest BCUT2D eigenvalue weighted by atomic mass is 32.2. The molecule has 6 aromatic rings. The zero-order chi connectivity index (χ0) is 31.3. The monoisotopic (exact) mass is 619 g/mol. The molecule has 6 rings (SSSR count). The van der Waals surface area contributed by atoms with Gasteiger partial charge in [-0.05, 0) is 55.8 Å². The summed E-state index contributed by atoms with van der Waals surface area (Å²) in [5, 5.41) is -0.825. The van der Waals surface area contributed by atoms with Crippen molar-refractivity contribution in [1.82, 2.24) is 19.5 Å². The van der Waals surface area contributed by atoms with E-state index in [1.54, 1.807) is 22.8 Å². The van der Waals surface area contributed by atoms with Crippen LogP contribution in [0.25, 0.3) is 44.9 Å². The molecule has 0 spiro atoms. The summed E-state index contributed by atoms with van der Waals surface area (Å²) < 4.78 is 87.2. The quantitative estimate of drug-likeness (QED) is 0.185. The number of nitrogen functional groups attached to an aromatic ring is 1. The van der Waals surface area contributed by atoms with E-state index < -0.39 is 38.4 Å². The number of fused-ring (bicyclic) bond motifs is 1. The summed E-state index contributed by atoms with van der Waals surface area (Å²) in [5.41, 5.74) is 7.59. The number of aromatic nitrogens is 4. The molecular weight excluding hydrogens is 594 g/mol. The number of rotatable bonds is 7. The number of aromatic amines is 1. The average molecular weight is 620 g/mol. The molecule has 0 aliphatic carbocycles. The van der Waals surface area contributed by atoms with Crippen LogP contribution in [0.5, 0.6) is 0 Å². The summed E-state index contributed by atoms with van der Waals surface area (Å²) in [7, 11) is -3.93. The molecule has 2 heterocycles. The Kier molecular flexibility index (Phi) is 7.24. The molecule has 224 valence electrons. The van der Waals surface area contributed by atoms with Crippen molar-refractivity contribution in [3.05, 3.63) is 108 Å².